The lowest BCUT2D eigenvalue weighted by atomic mass is 10.1. The van der Waals surface area contributed by atoms with Crippen LogP contribution in [-0.2, 0) is 14.8 Å². The molecule has 0 spiro atoms. The topological polar surface area (TPSA) is 79.6 Å². The first-order chi connectivity index (χ1) is 9.84. The fraction of sp³-hybridized carbons (Fsp3) is 0.500. The molecule has 0 aliphatic carbocycles. The summed E-state index contributed by atoms with van der Waals surface area (Å²) in [6.07, 6.45) is 5.01. The van der Waals surface area contributed by atoms with Crippen molar-refractivity contribution in [3.8, 4) is 0 Å². The lowest BCUT2D eigenvalue weighted by Crippen LogP contribution is -2.31. The van der Waals surface area contributed by atoms with Crippen molar-refractivity contribution >= 4 is 22.0 Å². The highest BCUT2D eigenvalue weighted by atomic mass is 32.2. The molecule has 0 radical (unpaired) electrons. The van der Waals surface area contributed by atoms with Gasteiger partial charge in [0.2, 0.25) is 15.9 Å². The number of carbonyl (C=O) groups is 1. The second-order valence-electron chi connectivity index (χ2n) is 5.30. The largest absolute Gasteiger partial charge is 0.462 e. The van der Waals surface area contributed by atoms with E-state index in [1.807, 2.05) is 13.0 Å². The highest BCUT2D eigenvalue weighted by molar-refractivity contribution is 7.88. The van der Waals surface area contributed by atoms with E-state index in [9.17, 15) is 13.2 Å². The van der Waals surface area contributed by atoms with Gasteiger partial charge in [0.05, 0.1) is 6.26 Å². The first-order valence-corrected chi connectivity index (χ1v) is 8.67. The number of carbonyl (C=O) groups excluding carboxylic acids is 1. The van der Waals surface area contributed by atoms with E-state index in [2.05, 4.69) is 5.32 Å². The van der Waals surface area contributed by atoms with Crippen LogP contribution in [0.5, 0.6) is 0 Å². The molecule has 1 aromatic heterocycles. The number of nitrogens with one attached hydrogen (secondary N) is 1. The van der Waals surface area contributed by atoms with Gasteiger partial charge < -0.3 is 9.73 Å². The van der Waals surface area contributed by atoms with Crippen LogP contribution < -0.4 is 5.32 Å². The maximum Gasteiger partial charge on any atom is 0.244 e. The molecule has 1 aliphatic rings. The fourth-order valence-corrected chi connectivity index (χ4v) is 3.19. The smallest absolute Gasteiger partial charge is 0.244 e. The van der Waals surface area contributed by atoms with E-state index in [-0.39, 0.29) is 11.8 Å². The Balaban J connectivity index is 1.76. The number of hydrogen-bond acceptors (Lipinski definition) is 4. The Kier molecular flexibility index (Phi) is 4.84. The molecule has 1 amide bonds. The summed E-state index contributed by atoms with van der Waals surface area (Å²) >= 11 is 0. The molecule has 21 heavy (non-hydrogen) atoms. The summed E-state index contributed by atoms with van der Waals surface area (Å²) in [6, 6.07) is 3.62. The molecule has 0 bridgehead atoms. The highest BCUT2D eigenvalue weighted by Gasteiger charge is 2.28. The average molecular weight is 312 g/mol. The summed E-state index contributed by atoms with van der Waals surface area (Å²) < 4.78 is 29.6. The molecule has 1 aliphatic heterocycles. The normalized spacial score (nSPS) is 20.2. The summed E-state index contributed by atoms with van der Waals surface area (Å²) in [5, 5.41) is 2.78. The third-order valence-corrected chi connectivity index (χ3v) is 4.71. The van der Waals surface area contributed by atoms with Gasteiger partial charge in [-0.3, -0.25) is 4.79 Å². The van der Waals surface area contributed by atoms with Crippen LogP contribution in [0.15, 0.2) is 22.6 Å². The Bertz CT molecular complexity index is 633. The van der Waals surface area contributed by atoms with Crippen molar-refractivity contribution in [3.63, 3.8) is 0 Å². The van der Waals surface area contributed by atoms with Gasteiger partial charge in [0.15, 0.2) is 0 Å². The number of amides is 1. The van der Waals surface area contributed by atoms with Crippen LogP contribution in [0.2, 0.25) is 0 Å². The van der Waals surface area contributed by atoms with Crippen molar-refractivity contribution in [1.82, 2.24) is 9.62 Å². The number of rotatable bonds is 5. The van der Waals surface area contributed by atoms with Crippen molar-refractivity contribution in [3.05, 3.63) is 29.7 Å². The van der Waals surface area contributed by atoms with Gasteiger partial charge >= 0.3 is 0 Å². The summed E-state index contributed by atoms with van der Waals surface area (Å²) in [4.78, 5) is 11.7. The van der Waals surface area contributed by atoms with E-state index < -0.39 is 10.0 Å². The molecule has 1 unspecified atom stereocenters. The van der Waals surface area contributed by atoms with E-state index in [0.29, 0.717) is 25.4 Å². The van der Waals surface area contributed by atoms with E-state index in [1.54, 1.807) is 12.1 Å². The Labute approximate surface area is 124 Å². The van der Waals surface area contributed by atoms with Gasteiger partial charge in [0.25, 0.3) is 0 Å². The van der Waals surface area contributed by atoms with Gasteiger partial charge in [0.1, 0.15) is 11.5 Å². The van der Waals surface area contributed by atoms with Crippen LogP contribution in [-0.4, -0.2) is 44.5 Å². The molecule has 2 heterocycles. The van der Waals surface area contributed by atoms with Crippen molar-refractivity contribution in [2.45, 2.75) is 13.3 Å². The summed E-state index contributed by atoms with van der Waals surface area (Å²) in [5.74, 6) is 1.39. The predicted octanol–water partition coefficient (Wildman–Crippen LogP) is 0.999. The zero-order chi connectivity index (χ0) is 15.5. The van der Waals surface area contributed by atoms with Gasteiger partial charge in [-0.25, -0.2) is 12.7 Å². The minimum absolute atomic E-state index is 0.169. The minimum atomic E-state index is -3.12. The molecule has 6 nitrogen and oxygen atoms in total. The van der Waals surface area contributed by atoms with Crippen LogP contribution in [0.4, 0.5) is 0 Å². The third kappa shape index (κ3) is 4.71. The van der Waals surface area contributed by atoms with Gasteiger partial charge in [-0.1, -0.05) is 0 Å². The van der Waals surface area contributed by atoms with Gasteiger partial charge in [-0.05, 0) is 37.5 Å². The predicted molar refractivity (Wildman–Crippen MR) is 80.0 cm³/mol. The number of furan rings is 1. The Morgan fingerprint density at radius 2 is 2.29 bits per heavy atom. The second-order valence-corrected chi connectivity index (χ2v) is 7.29. The summed E-state index contributed by atoms with van der Waals surface area (Å²) in [5.41, 5.74) is 0. The van der Waals surface area contributed by atoms with Crippen LogP contribution in [0.3, 0.4) is 0 Å². The van der Waals surface area contributed by atoms with Crippen LogP contribution >= 0.6 is 0 Å². The molecule has 1 atom stereocenters. The van der Waals surface area contributed by atoms with E-state index in [4.69, 9.17) is 4.42 Å². The monoisotopic (exact) mass is 312 g/mol. The van der Waals surface area contributed by atoms with E-state index in [0.717, 1.165) is 12.2 Å². The zero-order valence-electron chi connectivity index (χ0n) is 12.2. The first-order valence-electron chi connectivity index (χ1n) is 6.82. The van der Waals surface area contributed by atoms with E-state index >= 15 is 0 Å². The molecule has 1 saturated heterocycles. The number of nitrogens with zero attached hydrogens (tertiary/aromatic N) is 1. The zero-order valence-corrected chi connectivity index (χ0v) is 13.0. The molecule has 0 aromatic carbocycles. The molecule has 2 rings (SSSR count). The molecule has 1 fully saturated rings. The molecule has 7 heteroatoms. The molecular weight excluding hydrogens is 292 g/mol. The van der Waals surface area contributed by atoms with Gasteiger partial charge in [-0.2, -0.15) is 0 Å². The van der Waals surface area contributed by atoms with Crippen molar-refractivity contribution in [2.24, 2.45) is 5.92 Å². The van der Waals surface area contributed by atoms with E-state index in [1.165, 1.54) is 16.6 Å². The van der Waals surface area contributed by atoms with Crippen molar-refractivity contribution < 1.29 is 17.6 Å². The number of aryl methyl sites for hydroxylation is 1. The maximum absolute atomic E-state index is 11.7. The molecule has 1 N–H and O–H groups in total. The third-order valence-electron chi connectivity index (χ3n) is 3.44. The molecular formula is C14H20N2O4S. The standard InChI is InChI=1S/C14H20N2O4S/c1-11-3-4-13(20-11)5-6-14(17)15-9-12-7-8-16(10-12)21(2,18)19/h3-6,12H,7-10H2,1-2H3,(H,15,17)/b6-5+. The molecule has 0 saturated carbocycles. The average Bonchev–Trinajstić information content (AvgIpc) is 3.02. The van der Waals surface area contributed by atoms with Crippen LogP contribution in [0, 0.1) is 12.8 Å². The lowest BCUT2D eigenvalue weighted by molar-refractivity contribution is -0.116. The quantitative estimate of drug-likeness (QED) is 0.823. The van der Waals surface area contributed by atoms with Crippen molar-refractivity contribution in [2.75, 3.05) is 25.9 Å². The summed E-state index contributed by atoms with van der Waals surface area (Å²) in [6.45, 7) is 3.32. The fourth-order valence-electron chi connectivity index (χ4n) is 2.27. The second kappa shape index (κ2) is 6.44. The molecule has 116 valence electrons. The highest BCUT2D eigenvalue weighted by Crippen LogP contribution is 2.17. The minimum Gasteiger partial charge on any atom is -0.462 e. The Morgan fingerprint density at radius 1 is 1.52 bits per heavy atom. The SMILES string of the molecule is Cc1ccc(/C=C/C(=O)NCC2CCN(S(C)(=O)=O)C2)o1. The van der Waals surface area contributed by atoms with Gasteiger partial charge in [-0.15, -0.1) is 0 Å². The first kappa shape index (κ1) is 15.8. The van der Waals surface area contributed by atoms with Crippen molar-refractivity contribution in [1.29, 1.82) is 0 Å². The summed E-state index contributed by atoms with van der Waals surface area (Å²) in [7, 11) is -3.12. The van der Waals surface area contributed by atoms with Crippen LogP contribution in [0.1, 0.15) is 17.9 Å². The lowest BCUT2D eigenvalue weighted by Gasteiger charge is -2.13. The maximum atomic E-state index is 11.7. The molecule has 1 aromatic rings. The van der Waals surface area contributed by atoms with Crippen LogP contribution in [0.25, 0.3) is 6.08 Å². The number of sulfonamides is 1. The number of hydrogen-bond donors (Lipinski definition) is 1. The Hall–Kier alpha value is -1.60. The Morgan fingerprint density at radius 3 is 2.86 bits per heavy atom. The van der Waals surface area contributed by atoms with Gasteiger partial charge in [0, 0.05) is 25.7 Å².